The van der Waals surface area contributed by atoms with Crippen molar-refractivity contribution in [1.29, 1.82) is 0 Å². The normalized spacial score (nSPS) is 23.8. The zero-order chi connectivity index (χ0) is 14.9. The van der Waals surface area contributed by atoms with E-state index in [1.54, 1.807) is 7.11 Å². The van der Waals surface area contributed by atoms with Gasteiger partial charge in [0.1, 0.15) is 5.60 Å². The van der Waals surface area contributed by atoms with Gasteiger partial charge in [0.25, 0.3) is 0 Å². The maximum Gasteiger partial charge on any atom is 0.106 e. The van der Waals surface area contributed by atoms with Crippen molar-refractivity contribution in [2.45, 2.75) is 31.9 Å². The molecule has 2 atom stereocenters. The van der Waals surface area contributed by atoms with Gasteiger partial charge in [0.15, 0.2) is 0 Å². The second-order valence-corrected chi connectivity index (χ2v) is 6.96. The molecule has 2 heterocycles. The van der Waals surface area contributed by atoms with E-state index in [0.717, 1.165) is 19.6 Å². The van der Waals surface area contributed by atoms with Crippen molar-refractivity contribution in [2.75, 3.05) is 26.9 Å². The fourth-order valence-corrected chi connectivity index (χ4v) is 4.24. The minimum absolute atomic E-state index is 0.154. The van der Waals surface area contributed by atoms with Gasteiger partial charge in [0.05, 0.1) is 6.61 Å². The lowest BCUT2D eigenvalue weighted by Gasteiger charge is -2.28. The predicted octanol–water partition coefficient (Wildman–Crippen LogP) is 3.67. The fourth-order valence-electron chi connectivity index (χ4n) is 3.00. The SMILES string of the molecule is COC1(CNC(C)c2sc3ccccc3c2C)CCOC1. The molecule has 0 saturated carbocycles. The van der Waals surface area contributed by atoms with Gasteiger partial charge < -0.3 is 14.8 Å². The lowest BCUT2D eigenvalue weighted by molar-refractivity contribution is -0.0171. The predicted molar refractivity (Wildman–Crippen MR) is 88.2 cm³/mol. The number of hydrogen-bond donors (Lipinski definition) is 1. The van der Waals surface area contributed by atoms with Gasteiger partial charge in [-0.2, -0.15) is 0 Å². The van der Waals surface area contributed by atoms with E-state index < -0.39 is 0 Å². The lowest BCUT2D eigenvalue weighted by atomic mass is 10.0. The van der Waals surface area contributed by atoms with Gasteiger partial charge in [-0.05, 0) is 30.9 Å². The Kier molecular flexibility index (Phi) is 4.31. The molecule has 1 aliphatic rings. The van der Waals surface area contributed by atoms with Gasteiger partial charge in [-0.15, -0.1) is 11.3 Å². The Balaban J connectivity index is 1.75. The molecule has 0 aliphatic carbocycles. The molecule has 2 aromatic rings. The van der Waals surface area contributed by atoms with E-state index in [2.05, 4.69) is 43.4 Å². The van der Waals surface area contributed by atoms with Gasteiger partial charge >= 0.3 is 0 Å². The van der Waals surface area contributed by atoms with Crippen molar-refractivity contribution in [3.8, 4) is 0 Å². The average molecular weight is 305 g/mol. The Morgan fingerprint density at radius 1 is 1.43 bits per heavy atom. The van der Waals surface area contributed by atoms with Crippen LogP contribution in [0.3, 0.4) is 0 Å². The van der Waals surface area contributed by atoms with Crippen LogP contribution in [0, 0.1) is 6.92 Å². The molecule has 1 aromatic carbocycles. The largest absolute Gasteiger partial charge is 0.378 e. The third-order valence-corrected chi connectivity index (χ3v) is 5.96. The Morgan fingerprint density at radius 2 is 2.24 bits per heavy atom. The monoisotopic (exact) mass is 305 g/mol. The molecular formula is C17H23NO2S. The molecule has 114 valence electrons. The highest BCUT2D eigenvalue weighted by Crippen LogP contribution is 2.34. The summed E-state index contributed by atoms with van der Waals surface area (Å²) in [6.45, 7) is 6.77. The van der Waals surface area contributed by atoms with Gasteiger partial charge in [-0.25, -0.2) is 0 Å². The topological polar surface area (TPSA) is 30.5 Å². The fraction of sp³-hybridized carbons (Fsp3) is 0.529. The van der Waals surface area contributed by atoms with Crippen LogP contribution in [0.1, 0.15) is 29.8 Å². The Morgan fingerprint density at radius 3 is 2.90 bits per heavy atom. The summed E-state index contributed by atoms with van der Waals surface area (Å²) in [5.41, 5.74) is 1.24. The van der Waals surface area contributed by atoms with Crippen LogP contribution >= 0.6 is 11.3 Å². The van der Waals surface area contributed by atoms with Crippen molar-refractivity contribution in [3.05, 3.63) is 34.7 Å². The number of hydrogen-bond acceptors (Lipinski definition) is 4. The smallest absolute Gasteiger partial charge is 0.106 e. The summed E-state index contributed by atoms with van der Waals surface area (Å²) in [5, 5.41) is 5.01. The highest BCUT2D eigenvalue weighted by Gasteiger charge is 2.35. The molecule has 1 fully saturated rings. The molecule has 0 amide bonds. The molecular weight excluding hydrogens is 282 g/mol. The molecule has 4 heteroatoms. The third kappa shape index (κ3) is 2.86. The molecule has 1 aromatic heterocycles. The van der Waals surface area contributed by atoms with Crippen molar-refractivity contribution in [3.63, 3.8) is 0 Å². The van der Waals surface area contributed by atoms with E-state index >= 15 is 0 Å². The van der Waals surface area contributed by atoms with Crippen LogP contribution in [-0.2, 0) is 9.47 Å². The van der Waals surface area contributed by atoms with Crippen molar-refractivity contribution >= 4 is 21.4 Å². The standard InChI is InChI=1S/C17H23NO2S/c1-12-14-6-4-5-7-15(14)21-16(12)13(2)18-10-17(19-3)8-9-20-11-17/h4-7,13,18H,8-11H2,1-3H3. The van der Waals surface area contributed by atoms with E-state index in [-0.39, 0.29) is 5.60 Å². The van der Waals surface area contributed by atoms with Gasteiger partial charge in [0.2, 0.25) is 0 Å². The highest BCUT2D eigenvalue weighted by atomic mass is 32.1. The van der Waals surface area contributed by atoms with Crippen LogP contribution in [0.4, 0.5) is 0 Å². The molecule has 1 N–H and O–H groups in total. The first-order valence-electron chi connectivity index (χ1n) is 7.49. The Labute approximate surface area is 130 Å². The van der Waals surface area contributed by atoms with Crippen LogP contribution in [0.5, 0.6) is 0 Å². The van der Waals surface area contributed by atoms with E-state index in [1.165, 1.54) is 20.5 Å². The van der Waals surface area contributed by atoms with E-state index in [0.29, 0.717) is 12.6 Å². The number of benzene rings is 1. The van der Waals surface area contributed by atoms with Crippen LogP contribution in [0.25, 0.3) is 10.1 Å². The third-order valence-electron chi connectivity index (χ3n) is 4.50. The van der Waals surface area contributed by atoms with Crippen molar-refractivity contribution in [2.24, 2.45) is 0 Å². The summed E-state index contributed by atoms with van der Waals surface area (Å²) in [7, 11) is 1.78. The maximum atomic E-state index is 5.69. The number of aryl methyl sites for hydroxylation is 1. The van der Waals surface area contributed by atoms with Gasteiger partial charge in [-0.1, -0.05) is 18.2 Å². The van der Waals surface area contributed by atoms with Crippen molar-refractivity contribution < 1.29 is 9.47 Å². The van der Waals surface area contributed by atoms with Crippen LogP contribution < -0.4 is 5.32 Å². The first-order valence-corrected chi connectivity index (χ1v) is 8.31. The number of rotatable bonds is 5. The molecule has 3 nitrogen and oxygen atoms in total. The lowest BCUT2D eigenvalue weighted by Crippen LogP contribution is -2.43. The first kappa shape index (κ1) is 15.0. The zero-order valence-corrected chi connectivity index (χ0v) is 13.8. The van der Waals surface area contributed by atoms with Crippen LogP contribution in [0.15, 0.2) is 24.3 Å². The van der Waals surface area contributed by atoms with Gasteiger partial charge in [-0.3, -0.25) is 0 Å². The van der Waals surface area contributed by atoms with E-state index in [4.69, 9.17) is 9.47 Å². The molecule has 3 rings (SSSR count). The molecule has 2 unspecified atom stereocenters. The summed E-state index contributed by atoms with van der Waals surface area (Å²) in [6.07, 6.45) is 0.967. The number of thiophene rings is 1. The second kappa shape index (κ2) is 6.05. The quantitative estimate of drug-likeness (QED) is 0.914. The highest BCUT2D eigenvalue weighted by molar-refractivity contribution is 7.19. The minimum atomic E-state index is -0.154. The summed E-state index contributed by atoms with van der Waals surface area (Å²) >= 11 is 1.89. The second-order valence-electron chi connectivity index (χ2n) is 5.88. The number of nitrogens with one attached hydrogen (secondary N) is 1. The average Bonchev–Trinajstić information content (AvgIpc) is 3.11. The summed E-state index contributed by atoms with van der Waals surface area (Å²) in [5.74, 6) is 0. The number of methoxy groups -OCH3 is 1. The van der Waals surface area contributed by atoms with E-state index in [1.807, 2.05) is 11.3 Å². The molecule has 0 spiro atoms. The number of fused-ring (bicyclic) bond motifs is 1. The molecule has 21 heavy (non-hydrogen) atoms. The minimum Gasteiger partial charge on any atom is -0.378 e. The molecule has 1 aliphatic heterocycles. The van der Waals surface area contributed by atoms with Crippen LogP contribution in [0.2, 0.25) is 0 Å². The maximum absolute atomic E-state index is 5.69. The summed E-state index contributed by atoms with van der Waals surface area (Å²) in [4.78, 5) is 1.42. The summed E-state index contributed by atoms with van der Waals surface area (Å²) < 4.78 is 12.6. The van der Waals surface area contributed by atoms with Crippen LogP contribution in [-0.4, -0.2) is 32.5 Å². The van der Waals surface area contributed by atoms with E-state index in [9.17, 15) is 0 Å². The van der Waals surface area contributed by atoms with Crippen molar-refractivity contribution in [1.82, 2.24) is 5.32 Å². The van der Waals surface area contributed by atoms with Gasteiger partial charge in [0, 0.05) is 42.3 Å². The molecule has 0 bridgehead atoms. The molecule has 1 saturated heterocycles. The Bertz CT molecular complexity index is 616. The summed E-state index contributed by atoms with van der Waals surface area (Å²) in [6, 6.07) is 8.95. The zero-order valence-electron chi connectivity index (χ0n) is 12.9. The molecule has 0 radical (unpaired) electrons. The Hall–Kier alpha value is -0.940. The first-order chi connectivity index (χ1) is 10.2. The number of ether oxygens (including phenoxy) is 2.